The van der Waals surface area contributed by atoms with E-state index in [-0.39, 0.29) is 23.4 Å². The number of aromatic nitrogens is 1. The monoisotopic (exact) mass is 563 g/mol. The molecule has 11 heteroatoms. The van der Waals surface area contributed by atoms with Crippen molar-refractivity contribution in [1.29, 1.82) is 0 Å². The van der Waals surface area contributed by atoms with E-state index < -0.39 is 24.5 Å². The molecule has 10 nitrogen and oxygen atoms in total. The van der Waals surface area contributed by atoms with Gasteiger partial charge in [-0.1, -0.05) is 36.4 Å². The molecular formula is C29H29N3O7S. The van der Waals surface area contributed by atoms with Gasteiger partial charge in [0.05, 0.1) is 26.4 Å². The zero-order valence-corrected chi connectivity index (χ0v) is 22.8. The van der Waals surface area contributed by atoms with Crippen molar-refractivity contribution in [3.05, 3.63) is 93.4 Å². The lowest BCUT2D eigenvalue weighted by Gasteiger charge is -2.51. The SMILES string of the molecule is COC(=O)OCOc1c2n(ccc1=O)N([C@H]1c3cccc(c3)CCCSc3cccc1c3)[C@@H]1COCCN1C2=O. The second-order valence-electron chi connectivity index (χ2n) is 9.67. The lowest BCUT2D eigenvalue weighted by Crippen LogP contribution is -2.66. The summed E-state index contributed by atoms with van der Waals surface area (Å²) in [5, 5.41) is 2.09. The third kappa shape index (κ3) is 4.90. The molecule has 3 aliphatic rings. The Labute approximate surface area is 235 Å². The Kier molecular flexibility index (Phi) is 7.40. The summed E-state index contributed by atoms with van der Waals surface area (Å²) in [5.74, 6) is 0.463. The Hall–Kier alpha value is -3.96. The molecule has 0 unspecified atom stereocenters. The van der Waals surface area contributed by atoms with Gasteiger partial charge >= 0.3 is 6.16 Å². The van der Waals surface area contributed by atoms with Crippen molar-refractivity contribution in [2.24, 2.45) is 0 Å². The van der Waals surface area contributed by atoms with E-state index in [4.69, 9.17) is 14.2 Å². The van der Waals surface area contributed by atoms with Gasteiger partial charge < -0.3 is 23.8 Å². The van der Waals surface area contributed by atoms with Gasteiger partial charge in [-0.25, -0.2) is 4.79 Å². The number of benzene rings is 2. The number of hydrogen-bond acceptors (Lipinski definition) is 9. The number of methoxy groups -OCH3 is 1. The molecule has 6 rings (SSSR count). The van der Waals surface area contributed by atoms with Crippen molar-refractivity contribution < 1.29 is 28.5 Å². The number of hydrogen-bond donors (Lipinski definition) is 0. The van der Waals surface area contributed by atoms with E-state index in [1.165, 1.54) is 23.6 Å². The minimum Gasteiger partial charge on any atom is -0.451 e. The van der Waals surface area contributed by atoms with Crippen molar-refractivity contribution in [3.8, 4) is 5.75 Å². The Morgan fingerprint density at radius 3 is 2.77 bits per heavy atom. The highest BCUT2D eigenvalue weighted by Gasteiger charge is 2.45. The first-order valence-electron chi connectivity index (χ1n) is 13.1. The number of carbonyl (C=O) groups is 2. The fraction of sp³-hybridized carbons (Fsp3) is 0.345. The molecule has 40 heavy (non-hydrogen) atoms. The Morgan fingerprint density at radius 1 is 1.10 bits per heavy atom. The lowest BCUT2D eigenvalue weighted by atomic mass is 9.94. The first-order chi connectivity index (χ1) is 19.5. The first kappa shape index (κ1) is 26.3. The maximum Gasteiger partial charge on any atom is 0.510 e. The van der Waals surface area contributed by atoms with E-state index in [0.717, 1.165) is 29.7 Å². The third-order valence-electron chi connectivity index (χ3n) is 7.29. The zero-order chi connectivity index (χ0) is 27.6. The average Bonchev–Trinajstić information content (AvgIpc) is 2.99. The van der Waals surface area contributed by atoms with Gasteiger partial charge in [0.1, 0.15) is 6.17 Å². The number of rotatable bonds is 4. The van der Waals surface area contributed by atoms with Gasteiger partial charge in [-0.15, -0.1) is 11.8 Å². The molecule has 2 aromatic carbocycles. The highest BCUT2D eigenvalue weighted by Crippen LogP contribution is 2.38. The van der Waals surface area contributed by atoms with Crippen LogP contribution in [-0.4, -0.2) is 67.2 Å². The molecule has 3 aliphatic heterocycles. The van der Waals surface area contributed by atoms with Gasteiger partial charge in [0.2, 0.25) is 18.0 Å². The second kappa shape index (κ2) is 11.3. The molecule has 1 amide bonds. The zero-order valence-electron chi connectivity index (χ0n) is 22.0. The van der Waals surface area contributed by atoms with Crippen LogP contribution in [0.3, 0.4) is 0 Å². The number of fused-ring (bicyclic) bond motifs is 6. The van der Waals surface area contributed by atoms with E-state index in [9.17, 15) is 14.4 Å². The van der Waals surface area contributed by atoms with Crippen molar-refractivity contribution in [2.75, 3.05) is 44.4 Å². The molecule has 208 valence electrons. The minimum atomic E-state index is -0.957. The van der Waals surface area contributed by atoms with Crippen LogP contribution in [0.4, 0.5) is 4.79 Å². The highest BCUT2D eigenvalue weighted by molar-refractivity contribution is 7.99. The van der Waals surface area contributed by atoms with Crippen LogP contribution in [0, 0.1) is 0 Å². The van der Waals surface area contributed by atoms with Crippen LogP contribution in [0.25, 0.3) is 0 Å². The predicted octanol–water partition coefficient (Wildman–Crippen LogP) is 3.55. The number of ether oxygens (including phenoxy) is 4. The maximum absolute atomic E-state index is 13.9. The number of nitrogens with zero attached hydrogens (tertiary/aromatic N) is 3. The number of thioether (sulfide) groups is 1. The van der Waals surface area contributed by atoms with Gasteiger partial charge in [-0.3, -0.25) is 19.3 Å². The van der Waals surface area contributed by atoms with Crippen LogP contribution in [0.2, 0.25) is 0 Å². The summed E-state index contributed by atoms with van der Waals surface area (Å²) in [4.78, 5) is 41.3. The van der Waals surface area contributed by atoms with Crippen molar-refractivity contribution in [2.45, 2.75) is 29.9 Å². The number of amides is 1. The van der Waals surface area contributed by atoms with Crippen LogP contribution < -0.4 is 15.2 Å². The summed E-state index contributed by atoms with van der Waals surface area (Å²) >= 11 is 1.83. The van der Waals surface area contributed by atoms with Crippen molar-refractivity contribution >= 4 is 23.8 Å². The molecule has 4 bridgehead atoms. The van der Waals surface area contributed by atoms with E-state index in [1.54, 1.807) is 15.8 Å². The van der Waals surface area contributed by atoms with Crippen LogP contribution in [0.15, 0.2) is 70.5 Å². The molecule has 0 aliphatic carbocycles. The molecule has 0 radical (unpaired) electrons. The second-order valence-corrected chi connectivity index (χ2v) is 10.8. The van der Waals surface area contributed by atoms with Gasteiger partial charge in [-0.2, -0.15) is 0 Å². The predicted molar refractivity (Wildman–Crippen MR) is 147 cm³/mol. The average molecular weight is 564 g/mol. The maximum atomic E-state index is 13.9. The van der Waals surface area contributed by atoms with E-state index in [0.29, 0.717) is 19.8 Å². The van der Waals surface area contributed by atoms with Crippen LogP contribution in [0.1, 0.15) is 39.6 Å². The van der Waals surface area contributed by atoms with Crippen LogP contribution in [-0.2, 0) is 20.6 Å². The minimum absolute atomic E-state index is 0.0649. The first-order valence-corrected chi connectivity index (χ1v) is 14.1. The molecule has 0 saturated carbocycles. The number of carbonyl (C=O) groups excluding carboxylic acids is 2. The quantitative estimate of drug-likeness (QED) is 0.349. The third-order valence-corrected chi connectivity index (χ3v) is 8.37. The Morgan fingerprint density at radius 2 is 1.93 bits per heavy atom. The molecule has 4 heterocycles. The van der Waals surface area contributed by atoms with Crippen LogP contribution >= 0.6 is 11.8 Å². The molecule has 1 saturated heterocycles. The highest BCUT2D eigenvalue weighted by atomic mass is 32.2. The number of aryl methyl sites for hydroxylation is 1. The molecule has 3 aromatic rings. The molecule has 1 aromatic heterocycles. The fourth-order valence-corrected chi connectivity index (χ4v) is 6.43. The van der Waals surface area contributed by atoms with Gasteiger partial charge in [0, 0.05) is 23.7 Å². The summed E-state index contributed by atoms with van der Waals surface area (Å²) in [6, 6.07) is 18.0. The van der Waals surface area contributed by atoms with Crippen molar-refractivity contribution in [1.82, 2.24) is 9.58 Å². The van der Waals surface area contributed by atoms with Gasteiger partial charge in [0.25, 0.3) is 5.91 Å². The smallest absolute Gasteiger partial charge is 0.451 e. The summed E-state index contributed by atoms with van der Waals surface area (Å²) in [5.41, 5.74) is 2.91. The molecule has 0 N–H and O–H groups in total. The molecule has 1 fully saturated rings. The summed E-state index contributed by atoms with van der Waals surface area (Å²) in [6.07, 6.45) is 2.22. The van der Waals surface area contributed by atoms with Gasteiger partial charge in [0.15, 0.2) is 5.69 Å². The topological polar surface area (TPSA) is 99.5 Å². The standard InChI is InChI=1S/C29H29N3O7S/c1-36-29(35)39-18-38-27-23(33)10-11-31-26(27)28(34)30-12-13-37-17-24(30)32(31)25-20-7-2-5-19(15-20)6-4-14-40-22-9-3-8-21(25)16-22/h2-3,5,7-11,15-16,24-25H,4,6,12-14,17-18H2,1H3/t24-,25+/m1/s1. The normalized spacial score (nSPS) is 20.1. The fourth-order valence-electron chi connectivity index (χ4n) is 5.51. The largest absolute Gasteiger partial charge is 0.510 e. The lowest BCUT2D eigenvalue weighted by molar-refractivity contribution is -0.0208. The summed E-state index contributed by atoms with van der Waals surface area (Å²) < 4.78 is 22.6. The van der Waals surface area contributed by atoms with E-state index in [1.807, 2.05) is 11.8 Å². The molecule has 0 spiro atoms. The Bertz CT molecular complexity index is 1440. The molecule has 2 atom stereocenters. The van der Waals surface area contributed by atoms with E-state index >= 15 is 0 Å². The Balaban J connectivity index is 1.54. The summed E-state index contributed by atoms with van der Waals surface area (Å²) in [7, 11) is 1.17. The van der Waals surface area contributed by atoms with Gasteiger partial charge in [-0.05, 0) is 47.4 Å². The number of morpholine rings is 1. The summed E-state index contributed by atoms with van der Waals surface area (Å²) in [6.45, 7) is 0.442. The molecular weight excluding hydrogens is 534 g/mol. The number of pyridine rings is 1. The van der Waals surface area contributed by atoms with E-state index in [2.05, 4.69) is 58.3 Å². The van der Waals surface area contributed by atoms with Crippen LogP contribution in [0.5, 0.6) is 5.75 Å². The van der Waals surface area contributed by atoms with Crippen molar-refractivity contribution in [3.63, 3.8) is 0 Å².